The summed E-state index contributed by atoms with van der Waals surface area (Å²) >= 11 is 1.53. The van der Waals surface area contributed by atoms with Crippen molar-refractivity contribution in [1.82, 2.24) is 14.9 Å². The molecule has 1 fully saturated rings. The normalized spacial score (nSPS) is 22.1. The number of hydrogen-bond donors (Lipinski definition) is 2. The monoisotopic (exact) mass is 361 g/mol. The van der Waals surface area contributed by atoms with Crippen LogP contribution >= 0.6 is 11.8 Å². The smallest absolute Gasteiger partial charge is 0.308 e. The first-order valence-corrected chi connectivity index (χ1v) is 9.60. The highest BCUT2D eigenvalue weighted by Crippen LogP contribution is 2.30. The van der Waals surface area contributed by atoms with Crippen molar-refractivity contribution in [3.05, 3.63) is 30.1 Å². The Balaban J connectivity index is 1.60. The van der Waals surface area contributed by atoms with Crippen LogP contribution in [0.4, 0.5) is 0 Å². The topological polar surface area (TPSA) is 86.3 Å². The Kier molecular flexibility index (Phi) is 5.32. The number of aromatic nitrogens is 2. The number of thioether (sulfide) groups is 1. The number of carboxylic acid groups (broad SMARTS) is 1. The first-order valence-electron chi connectivity index (χ1n) is 8.56. The zero-order valence-electron chi connectivity index (χ0n) is 14.4. The Labute approximate surface area is 151 Å². The molecule has 2 heterocycles. The van der Waals surface area contributed by atoms with Gasteiger partial charge in [0, 0.05) is 12.6 Å². The van der Waals surface area contributed by atoms with E-state index in [1.54, 1.807) is 4.90 Å². The highest BCUT2D eigenvalue weighted by molar-refractivity contribution is 8.00. The van der Waals surface area contributed by atoms with Crippen LogP contribution in [0.2, 0.25) is 0 Å². The molecular formula is C18H23N3O3S. The molecule has 0 saturated carbocycles. The van der Waals surface area contributed by atoms with Gasteiger partial charge in [0.1, 0.15) is 5.82 Å². The molecular weight excluding hydrogens is 338 g/mol. The number of likely N-dealkylation sites (tertiary alicyclic amines) is 1. The molecule has 25 heavy (non-hydrogen) atoms. The summed E-state index contributed by atoms with van der Waals surface area (Å²) in [6.07, 6.45) is 1.39. The van der Waals surface area contributed by atoms with Crippen LogP contribution in [0.25, 0.3) is 11.0 Å². The fourth-order valence-electron chi connectivity index (χ4n) is 3.35. The van der Waals surface area contributed by atoms with Crippen molar-refractivity contribution in [1.29, 1.82) is 0 Å². The Morgan fingerprint density at radius 1 is 1.44 bits per heavy atom. The number of aliphatic carboxylic acids is 1. The molecule has 1 saturated heterocycles. The summed E-state index contributed by atoms with van der Waals surface area (Å²) in [5.74, 6) is -0.0844. The summed E-state index contributed by atoms with van der Waals surface area (Å²) in [4.78, 5) is 33.5. The Morgan fingerprint density at radius 3 is 2.92 bits per heavy atom. The quantitative estimate of drug-likeness (QED) is 0.855. The molecule has 3 rings (SSSR count). The van der Waals surface area contributed by atoms with Crippen molar-refractivity contribution in [2.75, 3.05) is 12.3 Å². The molecule has 0 spiro atoms. The summed E-state index contributed by atoms with van der Waals surface area (Å²) in [5.41, 5.74) is 1.91. The fraction of sp³-hybridized carbons (Fsp3) is 0.500. The maximum Gasteiger partial charge on any atom is 0.308 e. The molecule has 2 N–H and O–H groups in total. The van der Waals surface area contributed by atoms with Crippen LogP contribution in [0.1, 0.15) is 37.8 Å². The minimum Gasteiger partial charge on any atom is -0.481 e. The number of nitrogens with one attached hydrogen (secondary N) is 1. The van der Waals surface area contributed by atoms with Gasteiger partial charge in [-0.3, -0.25) is 9.59 Å². The summed E-state index contributed by atoms with van der Waals surface area (Å²) in [6, 6.07) is 7.60. The average molecular weight is 361 g/mol. The van der Waals surface area contributed by atoms with Crippen molar-refractivity contribution < 1.29 is 14.7 Å². The van der Waals surface area contributed by atoms with Crippen LogP contribution in [0.5, 0.6) is 0 Å². The molecule has 1 aliphatic heterocycles. The molecule has 0 aliphatic carbocycles. The molecule has 6 nitrogen and oxygen atoms in total. The number of nitrogens with zero attached hydrogens (tertiary/aromatic N) is 2. The number of para-hydroxylation sites is 2. The number of imidazole rings is 1. The summed E-state index contributed by atoms with van der Waals surface area (Å²) in [5, 5.41) is 9.35. The molecule has 2 aromatic rings. The van der Waals surface area contributed by atoms with Crippen molar-refractivity contribution in [2.45, 2.75) is 38.0 Å². The van der Waals surface area contributed by atoms with Gasteiger partial charge in [-0.2, -0.15) is 0 Å². The van der Waals surface area contributed by atoms with Crippen LogP contribution < -0.4 is 0 Å². The summed E-state index contributed by atoms with van der Waals surface area (Å²) < 4.78 is 0. The van der Waals surface area contributed by atoms with E-state index in [0.29, 0.717) is 18.7 Å². The minimum absolute atomic E-state index is 0.00594. The van der Waals surface area contributed by atoms with E-state index < -0.39 is 11.9 Å². The van der Waals surface area contributed by atoms with Gasteiger partial charge in [0.05, 0.1) is 28.0 Å². The van der Waals surface area contributed by atoms with E-state index in [9.17, 15) is 14.7 Å². The lowest BCUT2D eigenvalue weighted by Gasteiger charge is -2.37. The largest absolute Gasteiger partial charge is 0.481 e. The van der Waals surface area contributed by atoms with E-state index in [0.717, 1.165) is 23.3 Å². The number of H-pyrrole nitrogens is 1. The van der Waals surface area contributed by atoms with E-state index in [2.05, 4.69) is 9.97 Å². The zero-order valence-corrected chi connectivity index (χ0v) is 15.3. The van der Waals surface area contributed by atoms with Crippen LogP contribution in [0.3, 0.4) is 0 Å². The van der Waals surface area contributed by atoms with Crippen LogP contribution in [-0.4, -0.2) is 50.2 Å². The lowest BCUT2D eigenvalue weighted by Crippen LogP contribution is -2.49. The molecule has 134 valence electrons. The van der Waals surface area contributed by atoms with Crippen molar-refractivity contribution >= 4 is 34.7 Å². The number of benzene rings is 1. The van der Waals surface area contributed by atoms with Gasteiger partial charge in [0.25, 0.3) is 0 Å². The van der Waals surface area contributed by atoms with E-state index in [-0.39, 0.29) is 17.2 Å². The number of rotatable bonds is 5. The number of piperidine rings is 1. The molecule has 3 atom stereocenters. The summed E-state index contributed by atoms with van der Waals surface area (Å²) in [7, 11) is 0. The van der Waals surface area contributed by atoms with Gasteiger partial charge in [-0.05, 0) is 38.8 Å². The van der Waals surface area contributed by atoms with Crippen LogP contribution in [0.15, 0.2) is 24.3 Å². The van der Waals surface area contributed by atoms with Crippen LogP contribution in [-0.2, 0) is 9.59 Å². The van der Waals surface area contributed by atoms with Gasteiger partial charge in [0.2, 0.25) is 5.91 Å². The highest BCUT2D eigenvalue weighted by Gasteiger charge is 2.35. The predicted molar refractivity (Wildman–Crippen MR) is 98.5 cm³/mol. The summed E-state index contributed by atoms with van der Waals surface area (Å²) in [6.45, 7) is 4.50. The SMILES string of the molecule is CC(SCC(=O)N1CCC[C@H](C(=O)O)[C@@H]1C)c1nc2ccccc2[nH]1. The van der Waals surface area contributed by atoms with Crippen molar-refractivity contribution in [2.24, 2.45) is 5.92 Å². The first-order chi connectivity index (χ1) is 12.0. The highest BCUT2D eigenvalue weighted by atomic mass is 32.2. The maximum absolute atomic E-state index is 12.6. The molecule has 0 bridgehead atoms. The Bertz CT molecular complexity index is 743. The van der Waals surface area contributed by atoms with Gasteiger partial charge >= 0.3 is 5.97 Å². The number of carboxylic acids is 1. The second-order valence-electron chi connectivity index (χ2n) is 6.51. The second kappa shape index (κ2) is 7.47. The average Bonchev–Trinajstić information content (AvgIpc) is 3.03. The van der Waals surface area contributed by atoms with E-state index in [1.165, 1.54) is 11.8 Å². The van der Waals surface area contributed by atoms with Gasteiger partial charge in [0.15, 0.2) is 0 Å². The molecule has 1 aromatic carbocycles. The fourth-order valence-corrected chi connectivity index (χ4v) is 4.18. The minimum atomic E-state index is -0.812. The second-order valence-corrected chi connectivity index (χ2v) is 7.84. The number of hydrogen-bond acceptors (Lipinski definition) is 4. The van der Waals surface area contributed by atoms with Crippen LogP contribution in [0, 0.1) is 5.92 Å². The van der Waals surface area contributed by atoms with E-state index >= 15 is 0 Å². The Morgan fingerprint density at radius 2 is 2.20 bits per heavy atom. The van der Waals surface area contributed by atoms with Crippen molar-refractivity contribution in [3.8, 4) is 0 Å². The third-order valence-corrected chi connectivity index (χ3v) is 6.01. The van der Waals surface area contributed by atoms with Crippen molar-refractivity contribution in [3.63, 3.8) is 0 Å². The maximum atomic E-state index is 12.6. The van der Waals surface area contributed by atoms with Gasteiger partial charge in [-0.15, -0.1) is 11.8 Å². The number of aromatic amines is 1. The first kappa shape index (κ1) is 17.8. The zero-order chi connectivity index (χ0) is 18.0. The molecule has 1 amide bonds. The number of fused-ring (bicyclic) bond motifs is 1. The van der Waals surface area contributed by atoms with Gasteiger partial charge in [-0.25, -0.2) is 4.98 Å². The standard InChI is InChI=1S/C18H23N3O3S/c1-11-13(18(23)24)6-5-9-21(11)16(22)10-25-12(2)17-19-14-7-3-4-8-15(14)20-17/h3-4,7-8,11-13H,5-6,9-10H2,1-2H3,(H,19,20)(H,23,24)/t11-,12?,13-/m0/s1. The third kappa shape index (κ3) is 3.81. The molecule has 1 aromatic heterocycles. The molecule has 1 unspecified atom stereocenters. The van der Waals surface area contributed by atoms with E-state index in [1.807, 2.05) is 38.1 Å². The molecule has 0 radical (unpaired) electrons. The van der Waals surface area contributed by atoms with E-state index in [4.69, 9.17) is 0 Å². The molecule has 1 aliphatic rings. The lowest BCUT2D eigenvalue weighted by atomic mass is 9.90. The van der Waals surface area contributed by atoms with Gasteiger partial charge < -0.3 is 15.0 Å². The van der Waals surface area contributed by atoms with Gasteiger partial charge in [-0.1, -0.05) is 12.1 Å². The predicted octanol–water partition coefficient (Wildman–Crippen LogP) is 3.07. The lowest BCUT2D eigenvalue weighted by molar-refractivity contribution is -0.148. The number of carbonyl (C=O) groups excluding carboxylic acids is 1. The number of carbonyl (C=O) groups is 2. The molecule has 7 heteroatoms. The third-order valence-electron chi connectivity index (χ3n) is 4.88. The number of amides is 1. The Hall–Kier alpha value is -2.02.